The van der Waals surface area contributed by atoms with E-state index in [1.54, 1.807) is 6.92 Å². The van der Waals surface area contributed by atoms with Crippen LogP contribution in [0.1, 0.15) is 36.0 Å². The van der Waals surface area contributed by atoms with Crippen LogP contribution < -0.4 is 5.32 Å². The number of aliphatic hydroxyl groups is 1. The molecule has 0 saturated heterocycles. The molecule has 3 aromatic rings. The lowest BCUT2D eigenvalue weighted by Gasteiger charge is -2.20. The Morgan fingerprint density at radius 1 is 1.11 bits per heavy atom. The predicted octanol–water partition coefficient (Wildman–Crippen LogP) is 3.93. The highest BCUT2D eigenvalue weighted by Gasteiger charge is 2.25. The Morgan fingerprint density at radius 3 is 2.21 bits per heavy atom. The first-order chi connectivity index (χ1) is 13.6. The van der Waals surface area contributed by atoms with Crippen molar-refractivity contribution in [3.63, 3.8) is 0 Å². The predicted molar refractivity (Wildman–Crippen MR) is 107 cm³/mol. The maximum Gasteiger partial charge on any atom is 0.236 e. The van der Waals surface area contributed by atoms with Gasteiger partial charge in [0.25, 0.3) is 0 Å². The van der Waals surface area contributed by atoms with Gasteiger partial charge in [0, 0.05) is 6.61 Å². The fourth-order valence-corrected chi connectivity index (χ4v) is 3.02. The Labute approximate surface area is 168 Å². The Bertz CT molecular complexity index is 883. The molecule has 0 aliphatic rings. The van der Waals surface area contributed by atoms with Gasteiger partial charge >= 0.3 is 0 Å². The van der Waals surface area contributed by atoms with Gasteiger partial charge in [-0.1, -0.05) is 60.7 Å². The van der Waals surface area contributed by atoms with Crippen molar-refractivity contribution in [1.82, 2.24) is 9.97 Å². The number of benzene rings is 2. The lowest BCUT2D eigenvalue weighted by atomic mass is 9.90. The number of hydrogen-bond donors (Lipinski definition) is 2. The number of amides is 1. The van der Waals surface area contributed by atoms with Gasteiger partial charge in [-0.15, -0.1) is 0 Å². The topological polar surface area (TPSA) is 84.3 Å². The Hall–Kier alpha value is -2.80. The van der Waals surface area contributed by atoms with Gasteiger partial charge in [0.15, 0.2) is 0 Å². The van der Waals surface area contributed by atoms with Crippen LogP contribution in [0, 0.1) is 0 Å². The van der Waals surface area contributed by atoms with Gasteiger partial charge in [0.05, 0.1) is 17.8 Å². The number of aliphatic hydroxyl groups excluding tert-OH is 1. The number of aromatic nitrogens is 2. The van der Waals surface area contributed by atoms with Crippen LogP contribution in [0.5, 0.6) is 0 Å². The average Bonchev–Trinajstić information content (AvgIpc) is 2.71. The molecular formula is C21H20ClN3O3. The van der Waals surface area contributed by atoms with Gasteiger partial charge in [-0.2, -0.15) is 0 Å². The van der Waals surface area contributed by atoms with Gasteiger partial charge in [-0.05, 0) is 29.7 Å². The summed E-state index contributed by atoms with van der Waals surface area (Å²) in [6, 6.07) is 18.9. The van der Waals surface area contributed by atoms with Gasteiger partial charge < -0.3 is 15.2 Å². The number of anilines is 1. The number of hydrogen-bond acceptors (Lipinski definition) is 5. The molecule has 1 atom stereocenters. The summed E-state index contributed by atoms with van der Waals surface area (Å²) in [5.74, 6) is -0.830. The third kappa shape index (κ3) is 4.72. The third-order valence-corrected chi connectivity index (χ3v) is 4.32. The molecule has 0 spiro atoms. The number of carbonyl (C=O) groups is 1. The van der Waals surface area contributed by atoms with Crippen molar-refractivity contribution in [1.29, 1.82) is 0 Å². The van der Waals surface area contributed by atoms with E-state index in [2.05, 4.69) is 15.3 Å². The van der Waals surface area contributed by atoms with E-state index in [4.69, 9.17) is 16.3 Å². The van der Waals surface area contributed by atoms with Crippen LogP contribution in [0.4, 0.5) is 5.69 Å². The second-order valence-electron chi connectivity index (χ2n) is 5.99. The summed E-state index contributed by atoms with van der Waals surface area (Å²) >= 11 is 5.85. The highest BCUT2D eigenvalue weighted by molar-refractivity contribution is 6.28. The minimum absolute atomic E-state index is 0.0468. The number of ether oxygens (including phenoxy) is 1. The van der Waals surface area contributed by atoms with E-state index in [9.17, 15) is 9.90 Å². The third-order valence-electron chi connectivity index (χ3n) is 4.13. The van der Waals surface area contributed by atoms with E-state index < -0.39 is 12.2 Å². The van der Waals surface area contributed by atoms with Crippen LogP contribution in [0.2, 0.25) is 5.28 Å². The smallest absolute Gasteiger partial charge is 0.236 e. The van der Waals surface area contributed by atoms with Crippen molar-refractivity contribution in [3.05, 3.63) is 89.0 Å². The molecule has 2 aromatic carbocycles. The van der Waals surface area contributed by atoms with E-state index >= 15 is 0 Å². The van der Waals surface area contributed by atoms with Crippen LogP contribution in [0.15, 0.2) is 66.9 Å². The highest BCUT2D eigenvalue weighted by atomic mass is 35.5. The zero-order valence-electron chi connectivity index (χ0n) is 15.2. The van der Waals surface area contributed by atoms with Gasteiger partial charge in [0.1, 0.15) is 5.69 Å². The quantitative estimate of drug-likeness (QED) is 0.466. The first-order valence-electron chi connectivity index (χ1n) is 8.83. The van der Waals surface area contributed by atoms with E-state index in [1.165, 1.54) is 6.20 Å². The maximum atomic E-state index is 13.2. The number of halogens is 1. The first kappa shape index (κ1) is 19.9. The number of nitrogens with zero attached hydrogens (tertiary/aromatic N) is 2. The molecule has 0 radical (unpaired) electrons. The van der Waals surface area contributed by atoms with E-state index in [0.717, 1.165) is 11.1 Å². The summed E-state index contributed by atoms with van der Waals surface area (Å²) in [4.78, 5) is 21.1. The van der Waals surface area contributed by atoms with Crippen molar-refractivity contribution in [3.8, 4) is 0 Å². The second kappa shape index (κ2) is 9.41. The minimum Gasteiger partial charge on any atom is -0.363 e. The van der Waals surface area contributed by atoms with Crippen molar-refractivity contribution >= 4 is 23.2 Å². The fraction of sp³-hybridized carbons (Fsp3) is 0.190. The number of nitrogens with one attached hydrogen (secondary N) is 1. The largest absolute Gasteiger partial charge is 0.363 e. The SMILES string of the molecule is CCOC(O)c1nc(Cl)ncc1NC(=O)C(c1ccccc1)c1ccccc1. The van der Waals surface area contributed by atoms with E-state index in [0.29, 0.717) is 0 Å². The van der Waals surface area contributed by atoms with Crippen molar-refractivity contribution in [2.45, 2.75) is 19.1 Å². The molecule has 3 rings (SSSR count). The summed E-state index contributed by atoms with van der Waals surface area (Å²) in [6.07, 6.45) is 0.0328. The molecule has 0 aliphatic heterocycles. The summed E-state index contributed by atoms with van der Waals surface area (Å²) in [5, 5.41) is 13.0. The molecule has 0 bridgehead atoms. The molecule has 7 heteroatoms. The minimum atomic E-state index is -1.33. The Kier molecular flexibility index (Phi) is 6.71. The maximum absolute atomic E-state index is 13.2. The summed E-state index contributed by atoms with van der Waals surface area (Å²) < 4.78 is 5.19. The Morgan fingerprint density at radius 2 is 1.68 bits per heavy atom. The highest BCUT2D eigenvalue weighted by Crippen LogP contribution is 2.28. The normalized spacial score (nSPS) is 12.0. The average molecular weight is 398 g/mol. The number of rotatable bonds is 7. The molecule has 0 saturated carbocycles. The zero-order valence-corrected chi connectivity index (χ0v) is 16.0. The van der Waals surface area contributed by atoms with Gasteiger partial charge in [-0.25, -0.2) is 9.97 Å². The van der Waals surface area contributed by atoms with Crippen LogP contribution in [-0.2, 0) is 9.53 Å². The molecule has 6 nitrogen and oxygen atoms in total. The molecule has 1 unspecified atom stereocenters. The molecular weight excluding hydrogens is 378 g/mol. The lowest BCUT2D eigenvalue weighted by molar-refractivity contribution is -0.116. The molecule has 0 aliphatic carbocycles. The fourth-order valence-electron chi connectivity index (χ4n) is 2.88. The van der Waals surface area contributed by atoms with Crippen LogP contribution in [0.25, 0.3) is 0 Å². The molecule has 1 heterocycles. The summed E-state index contributed by atoms with van der Waals surface area (Å²) in [5.41, 5.74) is 2.03. The van der Waals surface area contributed by atoms with Crippen LogP contribution in [-0.4, -0.2) is 27.6 Å². The molecule has 144 valence electrons. The molecule has 1 amide bonds. The van der Waals surface area contributed by atoms with E-state index in [-0.39, 0.29) is 29.2 Å². The zero-order chi connectivity index (χ0) is 19.9. The summed E-state index contributed by atoms with van der Waals surface area (Å²) in [7, 11) is 0. The molecule has 0 fully saturated rings. The standard InChI is InChI=1S/C21H20ClN3O3/c1-2-28-20(27)18-16(13-23-21(22)25-18)24-19(26)17(14-9-5-3-6-10-14)15-11-7-4-8-12-15/h3-13,17,20,27H,2H2,1H3,(H,24,26). The Balaban J connectivity index is 1.95. The van der Waals surface area contributed by atoms with E-state index in [1.807, 2.05) is 60.7 Å². The van der Waals surface area contributed by atoms with Crippen molar-refractivity contribution < 1.29 is 14.6 Å². The second-order valence-corrected chi connectivity index (χ2v) is 6.33. The molecule has 1 aromatic heterocycles. The van der Waals surface area contributed by atoms with Gasteiger partial charge in [-0.3, -0.25) is 4.79 Å². The lowest BCUT2D eigenvalue weighted by Crippen LogP contribution is -2.24. The summed E-state index contributed by atoms with van der Waals surface area (Å²) in [6.45, 7) is 2.01. The monoisotopic (exact) mass is 397 g/mol. The van der Waals surface area contributed by atoms with Crippen molar-refractivity contribution in [2.24, 2.45) is 0 Å². The van der Waals surface area contributed by atoms with Crippen LogP contribution >= 0.6 is 11.6 Å². The first-order valence-corrected chi connectivity index (χ1v) is 9.20. The van der Waals surface area contributed by atoms with Gasteiger partial charge in [0.2, 0.25) is 17.5 Å². The molecule has 28 heavy (non-hydrogen) atoms. The molecule has 2 N–H and O–H groups in total. The number of carbonyl (C=O) groups excluding carboxylic acids is 1. The van der Waals surface area contributed by atoms with Crippen molar-refractivity contribution in [2.75, 3.05) is 11.9 Å². The van der Waals surface area contributed by atoms with Crippen LogP contribution in [0.3, 0.4) is 0 Å².